The summed E-state index contributed by atoms with van der Waals surface area (Å²) in [6.07, 6.45) is 0. The zero-order chi connectivity index (χ0) is 14.5. The van der Waals surface area contributed by atoms with Gasteiger partial charge in [0.2, 0.25) is 0 Å². The molecule has 0 saturated carbocycles. The molecule has 2 aromatic rings. The lowest BCUT2D eigenvalue weighted by Gasteiger charge is -2.13. The molecule has 2 N–H and O–H groups in total. The molecular formula is C16H20N2OS. The lowest BCUT2D eigenvalue weighted by molar-refractivity contribution is 0.414. The molecule has 0 aliphatic heterocycles. The first-order valence-corrected chi connectivity index (χ1v) is 7.54. The van der Waals surface area contributed by atoms with Gasteiger partial charge in [-0.2, -0.15) is 0 Å². The largest absolute Gasteiger partial charge is 0.497 e. The van der Waals surface area contributed by atoms with Crippen LogP contribution in [0.15, 0.2) is 41.4 Å². The maximum absolute atomic E-state index is 6.24. The fourth-order valence-corrected chi connectivity index (χ4v) is 3.04. The van der Waals surface area contributed by atoms with Crippen molar-refractivity contribution in [2.75, 3.05) is 12.9 Å². The van der Waals surface area contributed by atoms with Crippen LogP contribution in [0.2, 0.25) is 0 Å². The van der Waals surface area contributed by atoms with Crippen LogP contribution in [0.25, 0.3) is 0 Å². The van der Waals surface area contributed by atoms with Crippen molar-refractivity contribution in [3.8, 4) is 5.75 Å². The van der Waals surface area contributed by atoms with Gasteiger partial charge in [-0.1, -0.05) is 12.1 Å². The van der Waals surface area contributed by atoms with E-state index >= 15 is 0 Å². The number of nitrogens with zero attached hydrogens (tertiary/aromatic N) is 1. The number of thioether (sulfide) groups is 1. The van der Waals surface area contributed by atoms with E-state index in [4.69, 9.17) is 10.5 Å². The van der Waals surface area contributed by atoms with Crippen molar-refractivity contribution >= 4 is 11.8 Å². The molecule has 0 aliphatic carbocycles. The van der Waals surface area contributed by atoms with E-state index in [-0.39, 0.29) is 6.04 Å². The van der Waals surface area contributed by atoms with Crippen LogP contribution in [-0.4, -0.2) is 17.8 Å². The highest BCUT2D eigenvalue weighted by Gasteiger charge is 2.08. The zero-order valence-electron chi connectivity index (χ0n) is 12.1. The SMILES string of the molecule is COc1cccc(C(N)CSc2cc(C)cc(C)n2)c1. The van der Waals surface area contributed by atoms with E-state index in [0.29, 0.717) is 0 Å². The van der Waals surface area contributed by atoms with E-state index in [0.717, 1.165) is 27.8 Å². The lowest BCUT2D eigenvalue weighted by atomic mass is 10.1. The number of rotatable bonds is 5. The van der Waals surface area contributed by atoms with E-state index in [9.17, 15) is 0 Å². The summed E-state index contributed by atoms with van der Waals surface area (Å²) in [6, 6.07) is 12.0. The van der Waals surface area contributed by atoms with Gasteiger partial charge in [-0.3, -0.25) is 0 Å². The average molecular weight is 288 g/mol. The van der Waals surface area contributed by atoms with Crippen LogP contribution >= 0.6 is 11.8 Å². The number of pyridine rings is 1. The minimum absolute atomic E-state index is 0.0299. The summed E-state index contributed by atoms with van der Waals surface area (Å²) in [5, 5.41) is 1.03. The topological polar surface area (TPSA) is 48.1 Å². The molecule has 2 rings (SSSR count). The molecule has 1 aromatic heterocycles. The van der Waals surface area contributed by atoms with Crippen molar-refractivity contribution in [2.24, 2.45) is 5.73 Å². The van der Waals surface area contributed by atoms with E-state index in [1.807, 2.05) is 31.2 Å². The molecule has 0 amide bonds. The van der Waals surface area contributed by atoms with Crippen LogP contribution in [0.5, 0.6) is 5.75 Å². The van der Waals surface area contributed by atoms with Gasteiger partial charge in [0.1, 0.15) is 5.75 Å². The Bertz CT molecular complexity index is 566. The summed E-state index contributed by atoms with van der Waals surface area (Å²) in [5.74, 6) is 1.63. The molecule has 0 saturated heterocycles. The van der Waals surface area contributed by atoms with E-state index in [1.54, 1.807) is 18.9 Å². The number of methoxy groups -OCH3 is 1. The summed E-state index contributed by atoms with van der Waals surface area (Å²) in [5.41, 5.74) is 9.60. The Morgan fingerprint density at radius 1 is 1.25 bits per heavy atom. The number of aromatic nitrogens is 1. The van der Waals surface area contributed by atoms with Crippen molar-refractivity contribution < 1.29 is 4.74 Å². The third kappa shape index (κ3) is 3.99. The lowest BCUT2D eigenvalue weighted by Crippen LogP contribution is -2.13. The molecule has 0 aliphatic rings. The van der Waals surface area contributed by atoms with Crippen molar-refractivity contribution in [3.63, 3.8) is 0 Å². The first-order valence-electron chi connectivity index (χ1n) is 6.56. The van der Waals surface area contributed by atoms with Gasteiger partial charge < -0.3 is 10.5 Å². The second-order valence-corrected chi connectivity index (χ2v) is 5.86. The van der Waals surface area contributed by atoms with Gasteiger partial charge in [0.25, 0.3) is 0 Å². The van der Waals surface area contributed by atoms with Crippen LogP contribution in [-0.2, 0) is 0 Å². The molecule has 106 valence electrons. The van der Waals surface area contributed by atoms with E-state index < -0.39 is 0 Å². The highest BCUT2D eigenvalue weighted by molar-refractivity contribution is 7.99. The van der Waals surface area contributed by atoms with Crippen LogP contribution < -0.4 is 10.5 Å². The van der Waals surface area contributed by atoms with Crippen molar-refractivity contribution in [2.45, 2.75) is 24.9 Å². The Morgan fingerprint density at radius 2 is 2.05 bits per heavy atom. The predicted molar refractivity (Wildman–Crippen MR) is 84.4 cm³/mol. The second kappa shape index (κ2) is 6.77. The normalized spacial score (nSPS) is 12.2. The van der Waals surface area contributed by atoms with Gasteiger partial charge in [-0.05, 0) is 49.2 Å². The number of aryl methyl sites for hydroxylation is 2. The monoisotopic (exact) mass is 288 g/mol. The summed E-state index contributed by atoms with van der Waals surface area (Å²) in [6.45, 7) is 4.10. The molecule has 4 heteroatoms. The Kier molecular flexibility index (Phi) is 5.04. The zero-order valence-corrected chi connectivity index (χ0v) is 12.9. The number of ether oxygens (including phenoxy) is 1. The standard InChI is InChI=1S/C16H20N2OS/c1-11-7-12(2)18-16(8-11)20-10-15(17)13-5-4-6-14(9-13)19-3/h4-9,15H,10,17H2,1-3H3. The average Bonchev–Trinajstić information content (AvgIpc) is 2.44. The molecule has 1 heterocycles. The number of hydrogen-bond donors (Lipinski definition) is 1. The quantitative estimate of drug-likeness (QED) is 0.855. The van der Waals surface area contributed by atoms with E-state index in [1.165, 1.54) is 5.56 Å². The number of benzene rings is 1. The molecule has 1 atom stereocenters. The third-order valence-corrected chi connectivity index (χ3v) is 4.04. The minimum Gasteiger partial charge on any atom is -0.497 e. The van der Waals surface area contributed by atoms with Crippen molar-refractivity contribution in [1.29, 1.82) is 0 Å². The maximum Gasteiger partial charge on any atom is 0.119 e. The molecule has 0 radical (unpaired) electrons. The van der Waals surface area contributed by atoms with Gasteiger partial charge >= 0.3 is 0 Å². The number of hydrogen-bond acceptors (Lipinski definition) is 4. The highest BCUT2D eigenvalue weighted by Crippen LogP contribution is 2.25. The molecule has 1 unspecified atom stereocenters. The summed E-state index contributed by atoms with van der Waals surface area (Å²) < 4.78 is 5.22. The fraction of sp³-hybridized carbons (Fsp3) is 0.312. The smallest absolute Gasteiger partial charge is 0.119 e. The van der Waals surface area contributed by atoms with Gasteiger partial charge in [0.15, 0.2) is 0 Å². The predicted octanol–water partition coefficient (Wildman–Crippen LogP) is 3.50. The van der Waals surface area contributed by atoms with Gasteiger partial charge in [0, 0.05) is 17.5 Å². The maximum atomic E-state index is 6.24. The van der Waals surface area contributed by atoms with Gasteiger partial charge in [0.05, 0.1) is 12.1 Å². The van der Waals surface area contributed by atoms with Crippen molar-refractivity contribution in [1.82, 2.24) is 4.98 Å². The minimum atomic E-state index is -0.0299. The number of nitrogens with two attached hydrogens (primary N) is 1. The summed E-state index contributed by atoms with van der Waals surface area (Å²) >= 11 is 1.69. The molecule has 0 spiro atoms. The fourth-order valence-electron chi connectivity index (χ4n) is 2.02. The van der Waals surface area contributed by atoms with Gasteiger partial charge in [-0.25, -0.2) is 4.98 Å². The van der Waals surface area contributed by atoms with Crippen molar-refractivity contribution in [3.05, 3.63) is 53.2 Å². The molecule has 0 bridgehead atoms. The Balaban J connectivity index is 2.02. The molecule has 20 heavy (non-hydrogen) atoms. The highest BCUT2D eigenvalue weighted by atomic mass is 32.2. The third-order valence-electron chi connectivity index (χ3n) is 3.01. The van der Waals surface area contributed by atoms with Crippen LogP contribution in [0.3, 0.4) is 0 Å². The Hall–Kier alpha value is -1.52. The molecule has 0 fully saturated rings. The summed E-state index contributed by atoms with van der Waals surface area (Å²) in [4.78, 5) is 4.52. The Morgan fingerprint density at radius 3 is 2.75 bits per heavy atom. The van der Waals surface area contributed by atoms with Gasteiger partial charge in [-0.15, -0.1) is 11.8 Å². The molecular weight excluding hydrogens is 268 g/mol. The first-order chi connectivity index (χ1) is 9.58. The van der Waals surface area contributed by atoms with Crippen LogP contribution in [0.4, 0.5) is 0 Å². The second-order valence-electron chi connectivity index (χ2n) is 4.82. The summed E-state index contributed by atoms with van der Waals surface area (Å²) in [7, 11) is 1.67. The molecule has 1 aromatic carbocycles. The Labute approximate surface area is 124 Å². The molecule has 3 nitrogen and oxygen atoms in total. The van der Waals surface area contributed by atoms with Crippen LogP contribution in [0, 0.1) is 13.8 Å². The van der Waals surface area contributed by atoms with Crippen LogP contribution in [0.1, 0.15) is 22.9 Å². The first kappa shape index (κ1) is 14.9. The van der Waals surface area contributed by atoms with E-state index in [2.05, 4.69) is 24.0 Å².